The zero-order chi connectivity index (χ0) is 41.0. The molecule has 1 aliphatic heterocycles. The Morgan fingerprint density at radius 3 is 1.80 bits per heavy atom. The summed E-state index contributed by atoms with van der Waals surface area (Å²) in [6.07, 6.45) is -0.670. The number of piperidine rings is 1. The number of carbonyl (C=O) groups is 1. The average molecular weight is 798 g/mol. The predicted octanol–water partition coefficient (Wildman–Crippen LogP) is 11.1. The zero-order valence-corrected chi connectivity index (χ0v) is 33.7. The van der Waals surface area contributed by atoms with Gasteiger partial charge in [0.2, 0.25) is 0 Å². The summed E-state index contributed by atoms with van der Waals surface area (Å²) in [5.74, 6) is 0.310. The van der Waals surface area contributed by atoms with Gasteiger partial charge >= 0.3 is 6.09 Å². The van der Waals surface area contributed by atoms with E-state index in [4.69, 9.17) is 18.9 Å². The third kappa shape index (κ3) is 9.61. The van der Waals surface area contributed by atoms with E-state index < -0.39 is 17.8 Å². The molecule has 1 fully saturated rings. The minimum absolute atomic E-state index is 0.193. The number of amides is 1. The van der Waals surface area contributed by atoms with Gasteiger partial charge in [-0.1, -0.05) is 170 Å². The molecule has 0 saturated carbocycles. The maximum absolute atomic E-state index is 12.9. The number of fused-ring (bicyclic) bond motifs is 1. The minimum atomic E-state index is -0.977. The molecule has 8 rings (SSSR count). The summed E-state index contributed by atoms with van der Waals surface area (Å²) in [5, 5.41) is 12.8. The third-order valence-corrected chi connectivity index (χ3v) is 11.4. The van der Waals surface area contributed by atoms with Crippen molar-refractivity contribution in [3.63, 3.8) is 0 Å². The van der Waals surface area contributed by atoms with E-state index >= 15 is 0 Å². The van der Waals surface area contributed by atoms with E-state index in [2.05, 4.69) is 91.0 Å². The molecule has 1 amide bonds. The van der Waals surface area contributed by atoms with Crippen LogP contribution in [0.15, 0.2) is 188 Å². The molecule has 3 atom stereocenters. The Balaban J connectivity index is 1.08. The Kier molecular flexibility index (Phi) is 13.3. The fourth-order valence-electron chi connectivity index (χ4n) is 8.50. The van der Waals surface area contributed by atoms with Crippen LogP contribution in [0, 0.1) is 5.92 Å². The molecule has 1 heterocycles. The van der Waals surface area contributed by atoms with Gasteiger partial charge in [0.25, 0.3) is 0 Å². The fourth-order valence-corrected chi connectivity index (χ4v) is 8.50. The van der Waals surface area contributed by atoms with Crippen molar-refractivity contribution in [1.29, 1.82) is 0 Å². The number of carboxylic acid groups (broad SMARTS) is 1. The summed E-state index contributed by atoms with van der Waals surface area (Å²) in [6, 6.07) is 63.8. The van der Waals surface area contributed by atoms with Gasteiger partial charge in [0.1, 0.15) is 11.4 Å². The van der Waals surface area contributed by atoms with Gasteiger partial charge in [-0.05, 0) is 62.4 Å². The molecule has 304 valence electrons. The second kappa shape index (κ2) is 19.7. The van der Waals surface area contributed by atoms with Crippen molar-refractivity contribution < 1.29 is 28.8 Å². The zero-order valence-electron chi connectivity index (χ0n) is 33.7. The first-order chi connectivity index (χ1) is 29.6. The van der Waals surface area contributed by atoms with Crippen LogP contribution in [0.3, 0.4) is 0 Å². The van der Waals surface area contributed by atoms with Crippen LogP contribution in [-0.4, -0.2) is 55.1 Å². The molecule has 0 spiro atoms. The van der Waals surface area contributed by atoms with Crippen molar-refractivity contribution in [2.75, 3.05) is 32.9 Å². The molecule has 7 aromatic carbocycles. The van der Waals surface area contributed by atoms with E-state index in [0.717, 1.165) is 56.3 Å². The van der Waals surface area contributed by atoms with E-state index in [0.29, 0.717) is 26.4 Å². The summed E-state index contributed by atoms with van der Waals surface area (Å²) >= 11 is 0. The molecule has 0 radical (unpaired) electrons. The number of likely N-dealkylation sites (tertiary alicyclic amines) is 1. The molecule has 0 bridgehead atoms. The predicted molar refractivity (Wildman–Crippen MR) is 236 cm³/mol. The summed E-state index contributed by atoms with van der Waals surface area (Å²) < 4.78 is 26.3. The Bertz CT molecular complexity index is 2300. The highest BCUT2D eigenvalue weighted by Crippen LogP contribution is 2.43. The third-order valence-electron chi connectivity index (χ3n) is 11.4. The van der Waals surface area contributed by atoms with Crippen LogP contribution in [0.2, 0.25) is 0 Å². The lowest BCUT2D eigenvalue weighted by Crippen LogP contribution is -2.52. The molecule has 0 aliphatic carbocycles. The number of ether oxygens (including phenoxy) is 4. The Labute approximate surface area is 352 Å². The second-order valence-corrected chi connectivity index (χ2v) is 15.4. The maximum atomic E-state index is 12.9. The average Bonchev–Trinajstić information content (AvgIpc) is 3.31. The SMILES string of the molecule is O=C(O)N1CC(COC(c2ccccc2)(c2ccccc2)c2ccccc2)C(c2ccc(OCCCOCc3ccccc3)cc2)C(OCc2ccc3ccccc3c2)C1. The highest BCUT2D eigenvalue weighted by Gasteiger charge is 2.44. The fraction of sp³-hybridized carbons (Fsp3) is 0.226. The second-order valence-electron chi connectivity index (χ2n) is 15.4. The van der Waals surface area contributed by atoms with Crippen LogP contribution >= 0.6 is 0 Å². The molecule has 7 nitrogen and oxygen atoms in total. The number of hydrogen-bond donors (Lipinski definition) is 1. The van der Waals surface area contributed by atoms with E-state index in [1.165, 1.54) is 4.90 Å². The van der Waals surface area contributed by atoms with E-state index in [-0.39, 0.29) is 31.5 Å². The van der Waals surface area contributed by atoms with Crippen molar-refractivity contribution in [3.8, 4) is 5.75 Å². The largest absolute Gasteiger partial charge is 0.494 e. The van der Waals surface area contributed by atoms with Crippen molar-refractivity contribution in [3.05, 3.63) is 221 Å². The molecular formula is C53H51NO6. The van der Waals surface area contributed by atoms with Crippen LogP contribution in [0.25, 0.3) is 10.8 Å². The number of hydrogen-bond acceptors (Lipinski definition) is 5. The van der Waals surface area contributed by atoms with Crippen LogP contribution in [0.1, 0.15) is 45.7 Å². The van der Waals surface area contributed by atoms with Crippen LogP contribution in [-0.2, 0) is 33.0 Å². The first-order valence-corrected chi connectivity index (χ1v) is 20.8. The monoisotopic (exact) mass is 797 g/mol. The number of rotatable bonds is 17. The summed E-state index contributed by atoms with van der Waals surface area (Å²) in [4.78, 5) is 14.4. The molecule has 1 saturated heterocycles. The normalized spacial score (nSPS) is 16.7. The topological polar surface area (TPSA) is 77.5 Å². The Hall–Kier alpha value is -6.25. The lowest BCUT2D eigenvalue weighted by Gasteiger charge is -2.45. The first kappa shape index (κ1) is 40.5. The van der Waals surface area contributed by atoms with Gasteiger partial charge in [0.05, 0.1) is 45.7 Å². The van der Waals surface area contributed by atoms with Crippen molar-refractivity contribution in [2.45, 2.75) is 37.3 Å². The van der Waals surface area contributed by atoms with Gasteiger partial charge in [0.15, 0.2) is 0 Å². The number of nitrogens with zero attached hydrogens (tertiary/aromatic N) is 1. The van der Waals surface area contributed by atoms with Crippen LogP contribution < -0.4 is 4.74 Å². The van der Waals surface area contributed by atoms with Gasteiger partial charge in [0, 0.05) is 24.8 Å². The van der Waals surface area contributed by atoms with Gasteiger partial charge in [-0.15, -0.1) is 0 Å². The lowest BCUT2D eigenvalue weighted by molar-refractivity contribution is -0.0755. The molecule has 7 heteroatoms. The molecular weight excluding hydrogens is 747 g/mol. The Morgan fingerprint density at radius 2 is 1.18 bits per heavy atom. The van der Waals surface area contributed by atoms with Crippen molar-refractivity contribution >= 4 is 16.9 Å². The Morgan fingerprint density at radius 1 is 0.600 bits per heavy atom. The smallest absolute Gasteiger partial charge is 0.407 e. The van der Waals surface area contributed by atoms with Crippen molar-refractivity contribution in [2.24, 2.45) is 5.92 Å². The van der Waals surface area contributed by atoms with E-state index in [9.17, 15) is 9.90 Å². The molecule has 60 heavy (non-hydrogen) atoms. The standard InChI is InChI=1S/C53H51NO6/c55-52(56)54-35-45(39-60-53(46-20-7-2-8-21-46,47-22-9-3-10-23-47)48-24-11-4-12-25-48)51(50(36-54)59-38-41-26-27-42-18-13-14-19-44(42)34-41)43-28-30-49(31-29-43)58-33-15-32-57-37-40-16-5-1-6-17-40/h1-14,16-31,34,45,50-51H,15,32-33,35-39H2,(H,55,56). The molecule has 1 aliphatic rings. The van der Waals surface area contributed by atoms with Gasteiger partial charge in [-0.2, -0.15) is 0 Å². The van der Waals surface area contributed by atoms with Gasteiger partial charge < -0.3 is 29.0 Å². The quantitative estimate of drug-likeness (QED) is 0.0730. The van der Waals surface area contributed by atoms with Gasteiger partial charge in [-0.3, -0.25) is 0 Å². The van der Waals surface area contributed by atoms with Gasteiger partial charge in [-0.25, -0.2) is 4.79 Å². The van der Waals surface area contributed by atoms with Crippen molar-refractivity contribution in [1.82, 2.24) is 4.90 Å². The molecule has 0 aromatic heterocycles. The van der Waals surface area contributed by atoms with Crippen LogP contribution in [0.5, 0.6) is 5.75 Å². The minimum Gasteiger partial charge on any atom is -0.494 e. The van der Waals surface area contributed by atoms with Crippen LogP contribution in [0.4, 0.5) is 4.79 Å². The highest BCUT2D eigenvalue weighted by atomic mass is 16.5. The molecule has 1 N–H and O–H groups in total. The summed E-state index contributed by atoms with van der Waals surface area (Å²) in [6.45, 7) is 2.81. The summed E-state index contributed by atoms with van der Waals surface area (Å²) in [5.41, 5.74) is 5.21. The highest BCUT2D eigenvalue weighted by molar-refractivity contribution is 5.83. The maximum Gasteiger partial charge on any atom is 0.407 e. The van der Waals surface area contributed by atoms with E-state index in [1.54, 1.807) is 0 Å². The molecule has 3 unspecified atom stereocenters. The first-order valence-electron chi connectivity index (χ1n) is 20.8. The summed E-state index contributed by atoms with van der Waals surface area (Å²) in [7, 11) is 0. The lowest BCUT2D eigenvalue weighted by atomic mass is 9.77. The molecule has 7 aromatic rings. The van der Waals surface area contributed by atoms with E-state index in [1.807, 2.05) is 97.1 Å². The number of benzene rings is 7.